The zero-order valence-corrected chi connectivity index (χ0v) is 13.7. The summed E-state index contributed by atoms with van der Waals surface area (Å²) in [6, 6.07) is 4.32. The van der Waals surface area contributed by atoms with Crippen molar-refractivity contribution in [1.29, 1.82) is 0 Å². The molecule has 1 aromatic carbocycles. The van der Waals surface area contributed by atoms with E-state index in [4.69, 9.17) is 4.74 Å². The zero-order valence-electron chi connectivity index (χ0n) is 12.2. The largest absolute Gasteiger partial charge is 0.573 e. The van der Waals surface area contributed by atoms with Gasteiger partial charge < -0.3 is 9.47 Å². The molecule has 1 rings (SSSR count). The molecule has 0 fully saturated rings. The molecule has 0 radical (unpaired) electrons. The fourth-order valence-electron chi connectivity index (χ4n) is 1.59. The van der Waals surface area contributed by atoms with E-state index in [0.29, 0.717) is 10.0 Å². The van der Waals surface area contributed by atoms with Crippen LogP contribution in [0, 0.1) is 0 Å². The molecule has 0 amide bonds. The number of alkyl halides is 3. The fourth-order valence-corrected chi connectivity index (χ4v) is 1.93. The standard InChI is InChI=1S/C15H14BrF3O4/c1-10(20)8-14(21)22-7-3-2-4-11-5-6-12(16)9-13(11)23-15(17,18)19/h2-3,5-6,9H,4,7-8H2,1H3/b3-2+. The number of esters is 1. The summed E-state index contributed by atoms with van der Waals surface area (Å²) in [5.74, 6) is -1.25. The summed E-state index contributed by atoms with van der Waals surface area (Å²) in [4.78, 5) is 21.8. The quantitative estimate of drug-likeness (QED) is 0.398. The molecule has 8 heteroatoms. The van der Waals surface area contributed by atoms with Gasteiger partial charge in [-0.2, -0.15) is 0 Å². The first-order valence-corrected chi connectivity index (χ1v) is 7.31. The van der Waals surface area contributed by atoms with Crippen molar-refractivity contribution in [3.63, 3.8) is 0 Å². The topological polar surface area (TPSA) is 52.6 Å². The fraction of sp³-hybridized carbons (Fsp3) is 0.333. The average molecular weight is 395 g/mol. The van der Waals surface area contributed by atoms with Gasteiger partial charge in [0.25, 0.3) is 0 Å². The number of ether oxygens (including phenoxy) is 2. The van der Waals surface area contributed by atoms with Crippen LogP contribution in [0.2, 0.25) is 0 Å². The smallest absolute Gasteiger partial charge is 0.461 e. The first-order valence-electron chi connectivity index (χ1n) is 6.51. The highest BCUT2D eigenvalue weighted by atomic mass is 79.9. The van der Waals surface area contributed by atoms with Gasteiger partial charge in [-0.05, 0) is 31.0 Å². The number of hydrogen-bond donors (Lipinski definition) is 0. The summed E-state index contributed by atoms with van der Waals surface area (Å²) < 4.78 is 46.2. The molecule has 0 bridgehead atoms. The van der Waals surface area contributed by atoms with Gasteiger partial charge in [-0.15, -0.1) is 13.2 Å². The number of ketones is 1. The summed E-state index contributed by atoms with van der Waals surface area (Å²) in [6.07, 6.45) is -1.88. The third-order valence-electron chi connectivity index (χ3n) is 2.49. The Morgan fingerprint density at radius 2 is 1.96 bits per heavy atom. The monoisotopic (exact) mass is 394 g/mol. The molecule has 0 aliphatic heterocycles. The number of allylic oxidation sites excluding steroid dienone is 1. The minimum atomic E-state index is -4.78. The van der Waals surface area contributed by atoms with Crippen LogP contribution in [0.1, 0.15) is 18.9 Å². The minimum absolute atomic E-state index is 0.0574. The van der Waals surface area contributed by atoms with E-state index >= 15 is 0 Å². The van der Waals surface area contributed by atoms with E-state index in [0.717, 1.165) is 0 Å². The van der Waals surface area contributed by atoms with E-state index in [1.54, 1.807) is 12.1 Å². The Labute approximate surface area is 139 Å². The van der Waals surface area contributed by atoms with Gasteiger partial charge in [0, 0.05) is 4.47 Å². The van der Waals surface area contributed by atoms with E-state index in [1.165, 1.54) is 25.1 Å². The first-order chi connectivity index (χ1) is 10.7. The van der Waals surface area contributed by atoms with E-state index in [2.05, 4.69) is 20.7 Å². The van der Waals surface area contributed by atoms with Crippen molar-refractivity contribution in [1.82, 2.24) is 0 Å². The number of benzene rings is 1. The molecule has 0 spiro atoms. The van der Waals surface area contributed by atoms with Crippen LogP contribution in [-0.4, -0.2) is 24.7 Å². The lowest BCUT2D eigenvalue weighted by molar-refractivity contribution is -0.274. The second-order valence-electron chi connectivity index (χ2n) is 4.54. The molecule has 0 aliphatic carbocycles. The Hall–Kier alpha value is -1.83. The van der Waals surface area contributed by atoms with Crippen LogP contribution < -0.4 is 4.74 Å². The minimum Gasteiger partial charge on any atom is -0.461 e. The van der Waals surface area contributed by atoms with Gasteiger partial charge in [0.2, 0.25) is 0 Å². The lowest BCUT2D eigenvalue weighted by atomic mass is 10.1. The number of carbonyl (C=O) groups is 2. The summed E-state index contributed by atoms with van der Waals surface area (Å²) in [6.45, 7) is 1.21. The van der Waals surface area contributed by atoms with Gasteiger partial charge in [-0.3, -0.25) is 9.59 Å². The molecule has 1 aromatic rings. The molecule has 0 heterocycles. The van der Waals surface area contributed by atoms with Crippen LogP contribution in [0.3, 0.4) is 0 Å². The maximum Gasteiger partial charge on any atom is 0.573 e. The SMILES string of the molecule is CC(=O)CC(=O)OC/C=C/Cc1ccc(Br)cc1OC(F)(F)F. The van der Waals surface area contributed by atoms with Crippen LogP contribution in [0.25, 0.3) is 0 Å². The van der Waals surface area contributed by atoms with Gasteiger partial charge in [0.1, 0.15) is 24.6 Å². The summed E-state index contributed by atoms with van der Waals surface area (Å²) in [7, 11) is 0. The highest BCUT2D eigenvalue weighted by Crippen LogP contribution is 2.29. The van der Waals surface area contributed by atoms with Crippen LogP contribution in [-0.2, 0) is 20.7 Å². The molecule has 23 heavy (non-hydrogen) atoms. The predicted octanol–water partition coefficient (Wildman–Crippen LogP) is 3.97. The Balaban J connectivity index is 2.58. The van der Waals surface area contributed by atoms with Crippen molar-refractivity contribution in [2.24, 2.45) is 0 Å². The third kappa shape index (κ3) is 8.39. The van der Waals surface area contributed by atoms with Gasteiger partial charge in [-0.1, -0.05) is 34.1 Å². The second-order valence-corrected chi connectivity index (χ2v) is 5.45. The van der Waals surface area contributed by atoms with Gasteiger partial charge in [0.05, 0.1) is 0 Å². The maximum atomic E-state index is 12.3. The molecular formula is C15H14BrF3O4. The molecule has 126 valence electrons. The Morgan fingerprint density at radius 3 is 2.57 bits per heavy atom. The van der Waals surface area contributed by atoms with E-state index in [1.807, 2.05) is 0 Å². The molecule has 0 saturated heterocycles. The Kier molecular flexibility index (Phi) is 7.28. The van der Waals surface area contributed by atoms with Gasteiger partial charge in [-0.25, -0.2) is 0 Å². The van der Waals surface area contributed by atoms with Gasteiger partial charge in [0.15, 0.2) is 0 Å². The third-order valence-corrected chi connectivity index (χ3v) is 2.99. The molecule has 0 aliphatic rings. The Morgan fingerprint density at radius 1 is 1.26 bits per heavy atom. The number of Topliss-reactive ketones (excluding diaryl/α,β-unsaturated/α-hetero) is 1. The van der Waals surface area contributed by atoms with Crippen LogP contribution in [0.15, 0.2) is 34.8 Å². The predicted molar refractivity (Wildman–Crippen MR) is 79.9 cm³/mol. The molecule has 0 N–H and O–H groups in total. The maximum absolute atomic E-state index is 12.3. The van der Waals surface area contributed by atoms with Crippen LogP contribution in [0.4, 0.5) is 13.2 Å². The molecule has 0 atom stereocenters. The van der Waals surface area contributed by atoms with Crippen LogP contribution in [0.5, 0.6) is 5.75 Å². The highest BCUT2D eigenvalue weighted by molar-refractivity contribution is 9.10. The van der Waals surface area contributed by atoms with E-state index in [9.17, 15) is 22.8 Å². The molecule has 0 saturated carbocycles. The lowest BCUT2D eigenvalue weighted by Gasteiger charge is -2.12. The Bertz CT molecular complexity index is 597. The van der Waals surface area contributed by atoms with Crippen molar-refractivity contribution in [2.45, 2.75) is 26.1 Å². The van der Waals surface area contributed by atoms with Crippen LogP contribution >= 0.6 is 15.9 Å². The van der Waals surface area contributed by atoms with E-state index < -0.39 is 12.3 Å². The number of carbonyl (C=O) groups excluding carboxylic acids is 2. The van der Waals surface area contributed by atoms with Crippen molar-refractivity contribution < 1.29 is 32.2 Å². The summed E-state index contributed by atoms with van der Waals surface area (Å²) in [5, 5.41) is 0. The normalized spacial score (nSPS) is 11.5. The second kappa shape index (κ2) is 8.71. The first kappa shape index (κ1) is 19.2. The van der Waals surface area contributed by atoms with Crippen molar-refractivity contribution in [3.8, 4) is 5.75 Å². The number of halogens is 4. The number of rotatable bonds is 7. The molecular weight excluding hydrogens is 381 g/mol. The summed E-state index contributed by atoms with van der Waals surface area (Å²) in [5.41, 5.74) is 0.330. The zero-order chi connectivity index (χ0) is 17.5. The van der Waals surface area contributed by atoms with E-state index in [-0.39, 0.29) is 31.0 Å². The van der Waals surface area contributed by atoms with Crippen molar-refractivity contribution in [3.05, 3.63) is 40.4 Å². The average Bonchev–Trinajstić information content (AvgIpc) is 2.38. The summed E-state index contributed by atoms with van der Waals surface area (Å²) >= 11 is 3.08. The highest BCUT2D eigenvalue weighted by Gasteiger charge is 2.32. The van der Waals surface area contributed by atoms with Crippen molar-refractivity contribution in [2.75, 3.05) is 6.61 Å². The molecule has 4 nitrogen and oxygen atoms in total. The van der Waals surface area contributed by atoms with Gasteiger partial charge >= 0.3 is 12.3 Å². The molecule has 0 unspecified atom stereocenters. The molecule has 0 aromatic heterocycles. The van der Waals surface area contributed by atoms with Crippen molar-refractivity contribution >= 4 is 27.7 Å². The lowest BCUT2D eigenvalue weighted by Crippen LogP contribution is -2.18. The number of hydrogen-bond acceptors (Lipinski definition) is 4.